The number of aromatic nitrogens is 3. The Morgan fingerprint density at radius 2 is 2.04 bits per heavy atom. The van der Waals surface area contributed by atoms with Crippen LogP contribution in [0.3, 0.4) is 0 Å². The van der Waals surface area contributed by atoms with E-state index in [1.54, 1.807) is 16.8 Å². The van der Waals surface area contributed by atoms with E-state index in [1.807, 2.05) is 19.3 Å². The zero-order valence-electron chi connectivity index (χ0n) is 13.1. The second-order valence-corrected chi connectivity index (χ2v) is 5.79. The van der Waals surface area contributed by atoms with Gasteiger partial charge in [-0.05, 0) is 29.3 Å². The van der Waals surface area contributed by atoms with Gasteiger partial charge in [0.15, 0.2) is 0 Å². The molecule has 0 amide bonds. The van der Waals surface area contributed by atoms with E-state index in [2.05, 4.69) is 10.1 Å². The number of carboxylic acids is 1. The monoisotopic (exact) mass is 337 g/mol. The maximum atomic E-state index is 14.4. The number of H-pyrrole nitrogens is 1. The zero-order chi connectivity index (χ0) is 17.7. The Bertz CT molecular complexity index is 1220. The van der Waals surface area contributed by atoms with E-state index in [-0.39, 0.29) is 10.9 Å². The van der Waals surface area contributed by atoms with Crippen molar-refractivity contribution < 1.29 is 14.3 Å². The molecule has 7 heteroatoms. The minimum absolute atomic E-state index is 0.00369. The van der Waals surface area contributed by atoms with Crippen molar-refractivity contribution in [2.45, 2.75) is 0 Å². The van der Waals surface area contributed by atoms with Crippen molar-refractivity contribution in [3.63, 3.8) is 0 Å². The number of carboxylic acid groups (broad SMARTS) is 1. The number of aromatic carboxylic acids is 1. The van der Waals surface area contributed by atoms with Crippen LogP contribution in [0, 0.1) is 5.82 Å². The number of carbonyl (C=O) groups is 1. The average Bonchev–Trinajstić information content (AvgIpc) is 2.94. The second-order valence-electron chi connectivity index (χ2n) is 5.79. The highest BCUT2D eigenvalue weighted by atomic mass is 19.1. The van der Waals surface area contributed by atoms with Crippen molar-refractivity contribution in [3.05, 3.63) is 64.3 Å². The van der Waals surface area contributed by atoms with Gasteiger partial charge in [-0.2, -0.15) is 5.10 Å². The van der Waals surface area contributed by atoms with Crippen LogP contribution in [0.5, 0.6) is 0 Å². The number of benzene rings is 2. The van der Waals surface area contributed by atoms with Crippen molar-refractivity contribution in [3.8, 4) is 11.1 Å². The second kappa shape index (κ2) is 5.27. The molecule has 0 fully saturated rings. The zero-order valence-corrected chi connectivity index (χ0v) is 13.1. The Labute approximate surface area is 140 Å². The summed E-state index contributed by atoms with van der Waals surface area (Å²) in [5.41, 5.74) is 0.745. The summed E-state index contributed by atoms with van der Waals surface area (Å²) in [5, 5.41) is 14.3. The summed E-state index contributed by atoms with van der Waals surface area (Å²) >= 11 is 0. The number of halogens is 1. The number of pyridine rings is 1. The molecule has 0 atom stereocenters. The maximum absolute atomic E-state index is 14.4. The topological polar surface area (TPSA) is 88.0 Å². The third-order valence-electron chi connectivity index (χ3n) is 4.13. The van der Waals surface area contributed by atoms with Crippen LogP contribution >= 0.6 is 0 Å². The first kappa shape index (κ1) is 15.1. The molecule has 0 aliphatic carbocycles. The van der Waals surface area contributed by atoms with Crippen LogP contribution < -0.4 is 5.43 Å². The Kier molecular flexibility index (Phi) is 3.18. The van der Waals surface area contributed by atoms with E-state index in [4.69, 9.17) is 5.11 Å². The summed E-state index contributed by atoms with van der Waals surface area (Å²) in [5.74, 6) is -1.98. The summed E-state index contributed by atoms with van der Waals surface area (Å²) in [6, 6.07) is 8.26. The first-order chi connectivity index (χ1) is 11.9. The molecular weight excluding hydrogens is 325 g/mol. The number of fused-ring (bicyclic) bond motifs is 2. The summed E-state index contributed by atoms with van der Waals surface area (Å²) in [6.45, 7) is 0. The summed E-state index contributed by atoms with van der Waals surface area (Å²) in [7, 11) is 1.81. The van der Waals surface area contributed by atoms with Crippen molar-refractivity contribution in [2.75, 3.05) is 0 Å². The SMILES string of the molecule is Cn1cc2ccc(-c3cc(F)c4[nH]cc(C(=O)O)c(=O)c4c3)cc2n1. The van der Waals surface area contributed by atoms with Crippen molar-refractivity contribution in [1.29, 1.82) is 0 Å². The van der Waals surface area contributed by atoms with Crippen molar-refractivity contribution in [2.24, 2.45) is 7.05 Å². The van der Waals surface area contributed by atoms with E-state index in [0.717, 1.165) is 17.1 Å². The molecule has 2 aromatic heterocycles. The lowest BCUT2D eigenvalue weighted by atomic mass is 10.0. The van der Waals surface area contributed by atoms with E-state index in [0.29, 0.717) is 11.1 Å². The Morgan fingerprint density at radius 1 is 1.24 bits per heavy atom. The molecular formula is C18H12FN3O3. The molecule has 25 heavy (non-hydrogen) atoms. The van der Waals surface area contributed by atoms with E-state index in [1.165, 1.54) is 12.1 Å². The lowest BCUT2D eigenvalue weighted by Crippen LogP contribution is -2.15. The molecule has 124 valence electrons. The molecule has 4 aromatic rings. The molecule has 0 unspecified atom stereocenters. The highest BCUT2D eigenvalue weighted by Crippen LogP contribution is 2.27. The fourth-order valence-electron chi connectivity index (χ4n) is 2.93. The van der Waals surface area contributed by atoms with Gasteiger partial charge in [-0.3, -0.25) is 9.48 Å². The first-order valence-electron chi connectivity index (χ1n) is 7.46. The van der Waals surface area contributed by atoms with Crippen LogP contribution in [-0.4, -0.2) is 25.8 Å². The highest BCUT2D eigenvalue weighted by Gasteiger charge is 2.15. The van der Waals surface area contributed by atoms with Crippen LogP contribution in [0.2, 0.25) is 0 Å². The van der Waals surface area contributed by atoms with Gasteiger partial charge < -0.3 is 10.1 Å². The maximum Gasteiger partial charge on any atom is 0.341 e. The molecule has 0 bridgehead atoms. The molecule has 4 rings (SSSR count). The largest absolute Gasteiger partial charge is 0.477 e. The molecule has 6 nitrogen and oxygen atoms in total. The lowest BCUT2D eigenvalue weighted by molar-refractivity contribution is 0.0695. The van der Waals surface area contributed by atoms with Crippen LogP contribution in [0.4, 0.5) is 4.39 Å². The van der Waals surface area contributed by atoms with Crippen LogP contribution in [0.25, 0.3) is 32.9 Å². The molecule has 0 saturated carbocycles. The normalized spacial score (nSPS) is 11.3. The minimum atomic E-state index is -1.36. The number of rotatable bonds is 2. The van der Waals surface area contributed by atoms with Gasteiger partial charge in [0.25, 0.3) is 0 Å². The third kappa shape index (κ3) is 2.37. The lowest BCUT2D eigenvalue weighted by Gasteiger charge is -2.06. The summed E-state index contributed by atoms with van der Waals surface area (Å²) < 4.78 is 16.1. The third-order valence-corrected chi connectivity index (χ3v) is 4.13. The van der Waals surface area contributed by atoms with Crippen molar-refractivity contribution >= 4 is 27.8 Å². The molecule has 0 aliphatic rings. The van der Waals surface area contributed by atoms with Gasteiger partial charge in [0, 0.05) is 30.2 Å². The Balaban J connectivity index is 1.98. The van der Waals surface area contributed by atoms with Gasteiger partial charge >= 0.3 is 5.97 Å². The van der Waals surface area contributed by atoms with Crippen LogP contribution in [0.1, 0.15) is 10.4 Å². The van der Waals surface area contributed by atoms with Gasteiger partial charge in [-0.1, -0.05) is 12.1 Å². The van der Waals surface area contributed by atoms with Gasteiger partial charge in [-0.15, -0.1) is 0 Å². The molecule has 0 radical (unpaired) electrons. The molecule has 2 N–H and O–H groups in total. The minimum Gasteiger partial charge on any atom is -0.477 e. The molecule has 0 spiro atoms. The number of hydrogen-bond donors (Lipinski definition) is 2. The Morgan fingerprint density at radius 3 is 2.80 bits per heavy atom. The predicted octanol–water partition coefficient (Wildman–Crippen LogP) is 2.92. The Hall–Kier alpha value is -3.48. The van der Waals surface area contributed by atoms with E-state index >= 15 is 0 Å². The molecule has 0 saturated heterocycles. The van der Waals surface area contributed by atoms with E-state index < -0.39 is 22.8 Å². The summed E-state index contributed by atoms with van der Waals surface area (Å²) in [6.07, 6.45) is 2.87. The highest BCUT2D eigenvalue weighted by molar-refractivity contribution is 5.94. The summed E-state index contributed by atoms with van der Waals surface area (Å²) in [4.78, 5) is 26.0. The molecule has 2 aromatic carbocycles. The number of aryl methyl sites for hydroxylation is 1. The van der Waals surface area contributed by atoms with Gasteiger partial charge in [0.1, 0.15) is 11.4 Å². The number of nitrogens with one attached hydrogen (secondary N) is 1. The standard InChI is InChI=1S/C18H12FN3O3/c1-22-8-10-3-2-9(6-15(10)21-22)11-4-12-16(14(19)5-11)20-7-13(17(12)23)18(24)25/h2-8H,1H3,(H,20,23)(H,24,25). The predicted molar refractivity (Wildman–Crippen MR) is 91.2 cm³/mol. The van der Waals surface area contributed by atoms with Gasteiger partial charge in [0.05, 0.1) is 11.0 Å². The first-order valence-corrected chi connectivity index (χ1v) is 7.46. The fourth-order valence-corrected chi connectivity index (χ4v) is 2.93. The smallest absolute Gasteiger partial charge is 0.341 e. The number of aromatic amines is 1. The van der Waals surface area contributed by atoms with Gasteiger partial charge in [0.2, 0.25) is 5.43 Å². The van der Waals surface area contributed by atoms with Crippen LogP contribution in [-0.2, 0) is 7.05 Å². The number of hydrogen-bond acceptors (Lipinski definition) is 3. The number of nitrogens with zero attached hydrogens (tertiary/aromatic N) is 2. The van der Waals surface area contributed by atoms with Crippen molar-refractivity contribution in [1.82, 2.24) is 14.8 Å². The quantitative estimate of drug-likeness (QED) is 0.589. The fraction of sp³-hybridized carbons (Fsp3) is 0.0556. The van der Waals surface area contributed by atoms with E-state index in [9.17, 15) is 14.0 Å². The average molecular weight is 337 g/mol. The molecule has 0 aliphatic heterocycles. The van der Waals surface area contributed by atoms with Gasteiger partial charge in [-0.25, -0.2) is 9.18 Å². The molecule has 2 heterocycles. The van der Waals surface area contributed by atoms with Crippen LogP contribution in [0.15, 0.2) is 47.5 Å².